The molecule has 2 unspecified atom stereocenters. The van der Waals surface area contributed by atoms with E-state index < -0.39 is 11.4 Å². The second kappa shape index (κ2) is 4.23. The number of rotatable bonds is 3. The summed E-state index contributed by atoms with van der Waals surface area (Å²) in [5, 5.41) is 9.68. The molecular formula is C17H16O2. The van der Waals surface area contributed by atoms with Crippen molar-refractivity contribution in [3.63, 3.8) is 0 Å². The number of aliphatic carboxylic acids is 1. The van der Waals surface area contributed by atoms with Crippen molar-refractivity contribution in [2.24, 2.45) is 0 Å². The molecule has 2 nitrogen and oxygen atoms in total. The smallest absolute Gasteiger partial charge is 0.314 e. The Morgan fingerprint density at radius 1 is 1.16 bits per heavy atom. The molecule has 0 radical (unpaired) electrons. The number of aryl methyl sites for hydroxylation is 1. The van der Waals surface area contributed by atoms with Gasteiger partial charge in [0.05, 0.1) is 0 Å². The quantitative estimate of drug-likeness (QED) is 0.907. The van der Waals surface area contributed by atoms with Crippen LogP contribution in [0.25, 0.3) is 0 Å². The van der Waals surface area contributed by atoms with Crippen LogP contribution < -0.4 is 0 Å². The van der Waals surface area contributed by atoms with E-state index in [9.17, 15) is 9.90 Å². The monoisotopic (exact) mass is 252 g/mol. The molecule has 96 valence electrons. The molecule has 1 fully saturated rings. The zero-order valence-corrected chi connectivity index (χ0v) is 10.8. The highest BCUT2D eigenvalue weighted by Crippen LogP contribution is 2.60. The van der Waals surface area contributed by atoms with Gasteiger partial charge in [-0.1, -0.05) is 60.2 Å². The van der Waals surface area contributed by atoms with Gasteiger partial charge >= 0.3 is 5.97 Å². The Labute approximate surface area is 112 Å². The summed E-state index contributed by atoms with van der Waals surface area (Å²) in [5.74, 6) is -0.625. The Balaban J connectivity index is 2.03. The summed E-state index contributed by atoms with van der Waals surface area (Å²) in [6.07, 6.45) is 0.690. The van der Waals surface area contributed by atoms with Crippen LogP contribution in [0.2, 0.25) is 0 Å². The number of benzene rings is 2. The zero-order valence-electron chi connectivity index (χ0n) is 10.8. The van der Waals surface area contributed by atoms with Gasteiger partial charge in [0.2, 0.25) is 0 Å². The Morgan fingerprint density at radius 2 is 1.89 bits per heavy atom. The highest BCUT2D eigenvalue weighted by Gasteiger charge is 2.62. The van der Waals surface area contributed by atoms with E-state index in [2.05, 4.69) is 0 Å². The number of carboxylic acids is 1. The molecule has 2 atom stereocenters. The van der Waals surface area contributed by atoms with Crippen LogP contribution in [0.15, 0.2) is 54.6 Å². The lowest BCUT2D eigenvalue weighted by atomic mass is 9.90. The number of hydrogen-bond donors (Lipinski definition) is 1. The van der Waals surface area contributed by atoms with Crippen molar-refractivity contribution in [1.82, 2.24) is 0 Å². The molecule has 3 rings (SSSR count). The van der Waals surface area contributed by atoms with Crippen LogP contribution in [0.1, 0.15) is 29.0 Å². The third-order valence-corrected chi connectivity index (χ3v) is 4.08. The number of hydrogen-bond acceptors (Lipinski definition) is 1. The van der Waals surface area contributed by atoms with Crippen LogP contribution in [0.4, 0.5) is 0 Å². The van der Waals surface area contributed by atoms with E-state index in [-0.39, 0.29) is 5.92 Å². The summed E-state index contributed by atoms with van der Waals surface area (Å²) in [4.78, 5) is 11.8. The van der Waals surface area contributed by atoms with E-state index in [0.29, 0.717) is 6.42 Å². The van der Waals surface area contributed by atoms with Gasteiger partial charge in [0.25, 0.3) is 0 Å². The van der Waals surface area contributed by atoms with Crippen LogP contribution in [0.3, 0.4) is 0 Å². The normalized spacial score (nSPS) is 25.0. The standard InChI is InChI=1S/C17H16O2/c1-12-6-5-9-14(10-12)17(16(18)19)11-15(17)13-7-3-2-4-8-13/h2-10,15H,11H2,1H3,(H,18,19). The molecule has 1 N–H and O–H groups in total. The summed E-state index contributed by atoms with van der Waals surface area (Å²) < 4.78 is 0. The van der Waals surface area contributed by atoms with Gasteiger partial charge in [-0.05, 0) is 24.5 Å². The summed E-state index contributed by atoms with van der Waals surface area (Å²) in [5.41, 5.74) is 2.42. The SMILES string of the molecule is Cc1cccc(C2(C(=O)O)CC2c2ccccc2)c1. The van der Waals surface area contributed by atoms with Crippen LogP contribution in [0.5, 0.6) is 0 Å². The van der Waals surface area contributed by atoms with Gasteiger partial charge in [0, 0.05) is 5.92 Å². The van der Waals surface area contributed by atoms with E-state index in [0.717, 1.165) is 16.7 Å². The number of carboxylic acid groups (broad SMARTS) is 1. The summed E-state index contributed by atoms with van der Waals surface area (Å²) in [7, 11) is 0. The number of carbonyl (C=O) groups is 1. The highest BCUT2D eigenvalue weighted by atomic mass is 16.4. The van der Waals surface area contributed by atoms with Crippen molar-refractivity contribution in [2.45, 2.75) is 24.7 Å². The van der Waals surface area contributed by atoms with Crippen molar-refractivity contribution in [1.29, 1.82) is 0 Å². The Hall–Kier alpha value is -2.09. The van der Waals surface area contributed by atoms with Crippen molar-refractivity contribution in [3.05, 3.63) is 71.3 Å². The van der Waals surface area contributed by atoms with Crippen molar-refractivity contribution < 1.29 is 9.90 Å². The second-order valence-electron chi connectivity index (χ2n) is 5.31. The largest absolute Gasteiger partial charge is 0.481 e. The zero-order chi connectivity index (χ0) is 13.5. The van der Waals surface area contributed by atoms with Crippen LogP contribution in [-0.2, 0) is 10.2 Å². The Kier molecular flexibility index (Phi) is 2.67. The fraction of sp³-hybridized carbons (Fsp3) is 0.235. The van der Waals surface area contributed by atoms with Gasteiger partial charge in [-0.3, -0.25) is 4.79 Å². The molecule has 2 aromatic carbocycles. The van der Waals surface area contributed by atoms with Gasteiger partial charge in [0.1, 0.15) is 5.41 Å². The van der Waals surface area contributed by atoms with Gasteiger partial charge < -0.3 is 5.11 Å². The maximum atomic E-state index is 11.8. The summed E-state index contributed by atoms with van der Waals surface area (Å²) in [6, 6.07) is 17.8. The van der Waals surface area contributed by atoms with Gasteiger partial charge in [0.15, 0.2) is 0 Å². The highest BCUT2D eigenvalue weighted by molar-refractivity contribution is 5.87. The third kappa shape index (κ3) is 1.84. The van der Waals surface area contributed by atoms with Gasteiger partial charge in [-0.2, -0.15) is 0 Å². The first-order valence-corrected chi connectivity index (χ1v) is 6.50. The molecule has 0 aliphatic heterocycles. The average Bonchev–Trinajstić information content (AvgIpc) is 3.16. The Bertz CT molecular complexity index is 618. The molecule has 1 aliphatic carbocycles. The first-order chi connectivity index (χ1) is 9.14. The minimum atomic E-state index is -0.729. The lowest BCUT2D eigenvalue weighted by Gasteiger charge is -2.14. The minimum absolute atomic E-state index is 0.0907. The first kappa shape index (κ1) is 12.0. The topological polar surface area (TPSA) is 37.3 Å². The second-order valence-corrected chi connectivity index (χ2v) is 5.31. The van der Waals surface area contributed by atoms with E-state index in [1.165, 1.54) is 0 Å². The fourth-order valence-corrected chi connectivity index (χ4v) is 2.95. The molecule has 0 bridgehead atoms. The minimum Gasteiger partial charge on any atom is -0.481 e. The van der Waals surface area contributed by atoms with E-state index >= 15 is 0 Å². The van der Waals surface area contributed by atoms with Crippen LogP contribution in [-0.4, -0.2) is 11.1 Å². The van der Waals surface area contributed by atoms with Crippen molar-refractivity contribution in [3.8, 4) is 0 Å². The Morgan fingerprint density at radius 3 is 2.53 bits per heavy atom. The first-order valence-electron chi connectivity index (χ1n) is 6.50. The third-order valence-electron chi connectivity index (χ3n) is 4.08. The molecule has 0 aromatic heterocycles. The molecule has 0 spiro atoms. The van der Waals surface area contributed by atoms with Crippen LogP contribution in [0, 0.1) is 6.92 Å². The van der Waals surface area contributed by atoms with Crippen molar-refractivity contribution in [2.75, 3.05) is 0 Å². The fourth-order valence-electron chi connectivity index (χ4n) is 2.95. The molecule has 0 saturated heterocycles. The van der Waals surface area contributed by atoms with Crippen LogP contribution >= 0.6 is 0 Å². The molecule has 0 amide bonds. The molecule has 0 heterocycles. The van der Waals surface area contributed by atoms with Gasteiger partial charge in [-0.25, -0.2) is 0 Å². The maximum Gasteiger partial charge on any atom is 0.314 e. The molecule has 19 heavy (non-hydrogen) atoms. The summed E-state index contributed by atoms with van der Waals surface area (Å²) in [6.45, 7) is 2.00. The predicted octanol–water partition coefficient (Wildman–Crippen LogP) is 3.50. The van der Waals surface area contributed by atoms with E-state index in [1.54, 1.807) is 0 Å². The lowest BCUT2D eigenvalue weighted by Crippen LogP contribution is -2.22. The molecular weight excluding hydrogens is 236 g/mol. The molecule has 2 heteroatoms. The molecule has 1 aliphatic rings. The molecule has 1 saturated carbocycles. The van der Waals surface area contributed by atoms with Crippen molar-refractivity contribution >= 4 is 5.97 Å². The lowest BCUT2D eigenvalue weighted by molar-refractivity contribution is -0.140. The summed E-state index contributed by atoms with van der Waals surface area (Å²) >= 11 is 0. The van der Waals surface area contributed by atoms with E-state index in [4.69, 9.17) is 0 Å². The molecule has 2 aromatic rings. The maximum absolute atomic E-state index is 11.8. The van der Waals surface area contributed by atoms with Gasteiger partial charge in [-0.15, -0.1) is 0 Å². The average molecular weight is 252 g/mol. The van der Waals surface area contributed by atoms with E-state index in [1.807, 2.05) is 61.5 Å². The predicted molar refractivity (Wildman–Crippen MR) is 74.3 cm³/mol.